The van der Waals surface area contributed by atoms with E-state index in [1.807, 2.05) is 13.8 Å². The van der Waals surface area contributed by atoms with Crippen molar-refractivity contribution in [1.29, 1.82) is 0 Å². The van der Waals surface area contributed by atoms with E-state index in [2.05, 4.69) is 51.4 Å². The van der Waals surface area contributed by atoms with Crippen LogP contribution in [0.5, 0.6) is 0 Å². The van der Waals surface area contributed by atoms with Gasteiger partial charge in [0.1, 0.15) is 0 Å². The van der Waals surface area contributed by atoms with Crippen molar-refractivity contribution in [2.45, 2.75) is 66.0 Å². The van der Waals surface area contributed by atoms with E-state index in [4.69, 9.17) is 18.3 Å². The summed E-state index contributed by atoms with van der Waals surface area (Å²) in [6.45, 7) is 18.7. The second-order valence-corrected chi connectivity index (χ2v) is 21.0. The molecule has 0 N–H and O–H groups in total. The molecular weight excluding hydrogens is 523 g/mol. The van der Waals surface area contributed by atoms with E-state index >= 15 is 0 Å². The van der Waals surface area contributed by atoms with E-state index in [1.165, 1.54) is 6.56 Å². The molecule has 0 amide bonds. The summed E-state index contributed by atoms with van der Waals surface area (Å²) >= 11 is -1.00. The Labute approximate surface area is 202 Å². The largest absolute Gasteiger partial charge is 0.147 e. The van der Waals surface area contributed by atoms with Crippen molar-refractivity contribution in [1.82, 2.24) is 0 Å². The molecule has 0 saturated carbocycles. The van der Waals surface area contributed by atoms with E-state index < -0.39 is 39.9 Å². The van der Waals surface area contributed by atoms with Gasteiger partial charge in [-0.05, 0) is 0 Å². The zero-order valence-corrected chi connectivity index (χ0v) is 25.0. The van der Waals surface area contributed by atoms with Gasteiger partial charge in [-0.25, -0.2) is 0 Å². The Balaban J connectivity index is 0.00000392. The van der Waals surface area contributed by atoms with E-state index in [-0.39, 0.29) is 24.8 Å². The minimum absolute atomic E-state index is 0. The van der Waals surface area contributed by atoms with Crippen molar-refractivity contribution in [3.63, 3.8) is 0 Å². The van der Waals surface area contributed by atoms with Crippen molar-refractivity contribution in [2.75, 3.05) is 13.2 Å². The molecule has 2 aliphatic carbocycles. The number of allylic oxidation sites excluding steroid dienone is 4. The van der Waals surface area contributed by atoms with Crippen molar-refractivity contribution in [2.24, 2.45) is 0 Å². The predicted molar refractivity (Wildman–Crippen MR) is 126 cm³/mol. The SMILES string of the molecule is CCOC1=[C]([Zr][C]2=C(OCC)C(O[Si](C)(C)C)=CC2)CC=C1O[Si](C)(C)C.Cl.Cl. The van der Waals surface area contributed by atoms with E-state index in [1.54, 1.807) is 0 Å². The van der Waals surface area contributed by atoms with Gasteiger partial charge >= 0.3 is 179 Å². The minimum Gasteiger partial charge on any atom is -0.147 e. The standard InChI is InChI=1S/2C10H17O2Si.2ClH.Zr/c2*1-5-11-9-7-6-8-10(9)12-13(2,3)4;;;/h2*8H,5-6H2,1-4H3;2*1H;. The summed E-state index contributed by atoms with van der Waals surface area (Å²) in [5.41, 5.74) is 0. The van der Waals surface area contributed by atoms with E-state index in [0.717, 1.165) is 35.9 Å². The molecule has 0 spiro atoms. The van der Waals surface area contributed by atoms with Crippen molar-refractivity contribution >= 4 is 41.4 Å². The van der Waals surface area contributed by atoms with E-state index in [9.17, 15) is 0 Å². The zero-order chi connectivity index (χ0) is 20.2. The van der Waals surface area contributed by atoms with Gasteiger partial charge in [0.25, 0.3) is 0 Å². The van der Waals surface area contributed by atoms with Gasteiger partial charge in [0.2, 0.25) is 0 Å². The first-order valence-corrected chi connectivity index (χ1v) is 19.1. The molecule has 4 nitrogen and oxygen atoms in total. The first kappa shape index (κ1) is 29.1. The molecule has 0 aromatic heterocycles. The predicted octanol–water partition coefficient (Wildman–Crippen LogP) is 6.69. The van der Waals surface area contributed by atoms with Crippen LogP contribution in [0.15, 0.2) is 41.8 Å². The molecule has 0 fully saturated rings. The molecule has 9 heteroatoms. The fraction of sp³-hybridized carbons (Fsp3) is 0.600. The number of hydrogen-bond acceptors (Lipinski definition) is 4. The molecule has 166 valence electrons. The van der Waals surface area contributed by atoms with Gasteiger partial charge in [-0.2, -0.15) is 0 Å². The Morgan fingerprint density at radius 1 is 0.724 bits per heavy atom. The monoisotopic (exact) mass is 556 g/mol. The van der Waals surface area contributed by atoms with Gasteiger partial charge in [-0.1, -0.05) is 0 Å². The van der Waals surface area contributed by atoms with Crippen molar-refractivity contribution in [3.05, 3.63) is 41.8 Å². The summed E-state index contributed by atoms with van der Waals surface area (Å²) in [7, 11) is -3.31. The molecule has 2 aliphatic rings. The van der Waals surface area contributed by atoms with Gasteiger partial charge in [0.15, 0.2) is 0 Å². The molecule has 2 rings (SSSR count). The third-order valence-electron chi connectivity index (χ3n) is 3.69. The van der Waals surface area contributed by atoms with Gasteiger partial charge < -0.3 is 0 Å². The summed E-state index contributed by atoms with van der Waals surface area (Å²) in [6, 6.07) is 0. The third-order valence-corrected chi connectivity index (χ3v) is 8.96. The van der Waals surface area contributed by atoms with E-state index in [0.29, 0.717) is 13.2 Å². The molecular formula is C20H36Cl2O4Si2Zr. The number of halogens is 2. The summed E-state index contributed by atoms with van der Waals surface area (Å²) in [6.07, 6.45) is 6.33. The van der Waals surface area contributed by atoms with Crippen LogP contribution in [0.4, 0.5) is 0 Å². The first-order chi connectivity index (χ1) is 12.5. The summed E-state index contributed by atoms with van der Waals surface area (Å²) in [5, 5.41) is 0. The van der Waals surface area contributed by atoms with Gasteiger partial charge in [-0.3, -0.25) is 0 Å². The zero-order valence-electron chi connectivity index (χ0n) is 18.9. The van der Waals surface area contributed by atoms with Gasteiger partial charge in [-0.15, -0.1) is 24.8 Å². The Morgan fingerprint density at radius 3 is 1.34 bits per heavy atom. The molecule has 0 saturated heterocycles. The molecule has 0 atom stereocenters. The quantitative estimate of drug-likeness (QED) is 0.280. The number of hydrogen-bond donors (Lipinski definition) is 0. The van der Waals surface area contributed by atoms with Crippen LogP contribution < -0.4 is 0 Å². The Morgan fingerprint density at radius 2 is 1.07 bits per heavy atom. The molecule has 0 aromatic carbocycles. The second kappa shape index (κ2) is 12.2. The average molecular weight is 559 g/mol. The maximum Gasteiger partial charge on any atom is -0.147 e. The molecule has 0 aromatic rings. The van der Waals surface area contributed by atoms with Crippen LogP contribution in [0.2, 0.25) is 39.3 Å². The Hall–Kier alpha value is 0.0569. The summed E-state index contributed by atoms with van der Waals surface area (Å²) < 4.78 is 27.5. The van der Waals surface area contributed by atoms with Gasteiger partial charge in [0, 0.05) is 0 Å². The van der Waals surface area contributed by atoms with Crippen LogP contribution >= 0.6 is 24.8 Å². The van der Waals surface area contributed by atoms with Crippen LogP contribution in [0, 0.1) is 0 Å². The number of rotatable bonds is 10. The third kappa shape index (κ3) is 8.98. The minimum atomic E-state index is -1.66. The normalized spacial score (nSPS) is 16.6. The molecule has 0 heterocycles. The molecule has 0 aliphatic heterocycles. The molecule has 29 heavy (non-hydrogen) atoms. The topological polar surface area (TPSA) is 36.9 Å². The molecule has 0 unspecified atom stereocenters. The Bertz CT molecular complexity index is 632. The fourth-order valence-corrected chi connectivity index (χ4v) is 7.99. The average Bonchev–Trinajstić information content (AvgIpc) is 3.04. The van der Waals surface area contributed by atoms with Crippen LogP contribution in [0.3, 0.4) is 0 Å². The molecule has 0 radical (unpaired) electrons. The van der Waals surface area contributed by atoms with Gasteiger partial charge in [0.05, 0.1) is 0 Å². The van der Waals surface area contributed by atoms with Crippen LogP contribution in [0.25, 0.3) is 0 Å². The summed E-state index contributed by atoms with van der Waals surface area (Å²) in [5.74, 6) is 3.95. The second-order valence-electron chi connectivity index (χ2n) is 8.58. The van der Waals surface area contributed by atoms with Crippen molar-refractivity contribution in [3.8, 4) is 0 Å². The van der Waals surface area contributed by atoms with Crippen LogP contribution in [-0.2, 0) is 41.6 Å². The van der Waals surface area contributed by atoms with Crippen LogP contribution in [-0.4, -0.2) is 29.8 Å². The summed E-state index contributed by atoms with van der Waals surface area (Å²) in [4.78, 5) is 0. The smallest absolute Gasteiger partial charge is 0.147 e. The number of ether oxygens (including phenoxy) is 2. The molecule has 0 bridgehead atoms. The van der Waals surface area contributed by atoms with Crippen LogP contribution in [0.1, 0.15) is 26.7 Å². The Kier molecular flexibility index (Phi) is 12.2. The first-order valence-electron chi connectivity index (χ1n) is 9.82. The maximum atomic E-state index is 6.28. The fourth-order valence-electron chi connectivity index (χ4n) is 2.90. The maximum absolute atomic E-state index is 6.28. The van der Waals surface area contributed by atoms with Crippen molar-refractivity contribution < 1.29 is 41.6 Å².